The predicted octanol–water partition coefficient (Wildman–Crippen LogP) is 3.26. The molecule has 1 heterocycles. The van der Waals surface area contributed by atoms with E-state index in [2.05, 4.69) is 32.6 Å². The van der Waals surface area contributed by atoms with Gasteiger partial charge in [-0.15, -0.1) is 0 Å². The summed E-state index contributed by atoms with van der Waals surface area (Å²) in [5.41, 5.74) is 6.62. The third-order valence-corrected chi connectivity index (χ3v) is 4.20. The van der Waals surface area contributed by atoms with Crippen molar-refractivity contribution in [2.75, 3.05) is 19.6 Å². The Bertz CT molecular complexity index is 207. The number of hydrogen-bond donors (Lipinski definition) is 1. The molecule has 2 atom stereocenters. The van der Waals surface area contributed by atoms with Crippen molar-refractivity contribution >= 4 is 0 Å². The van der Waals surface area contributed by atoms with Crippen LogP contribution in [0.15, 0.2) is 0 Å². The van der Waals surface area contributed by atoms with Gasteiger partial charge < -0.3 is 10.6 Å². The van der Waals surface area contributed by atoms with Gasteiger partial charge in [-0.1, -0.05) is 34.1 Å². The zero-order valence-electron chi connectivity index (χ0n) is 12.3. The van der Waals surface area contributed by atoms with E-state index in [1.165, 1.54) is 45.2 Å². The summed E-state index contributed by atoms with van der Waals surface area (Å²) in [5.74, 6) is 0.884. The Morgan fingerprint density at radius 2 is 1.94 bits per heavy atom. The Morgan fingerprint density at radius 1 is 1.24 bits per heavy atom. The molecule has 1 fully saturated rings. The zero-order chi connectivity index (χ0) is 12.9. The van der Waals surface area contributed by atoms with Gasteiger partial charge in [0.1, 0.15) is 0 Å². The first-order valence-electron chi connectivity index (χ1n) is 7.41. The van der Waals surface area contributed by atoms with Gasteiger partial charge in [-0.2, -0.15) is 0 Å². The lowest BCUT2D eigenvalue weighted by Crippen LogP contribution is -2.38. The van der Waals surface area contributed by atoms with Gasteiger partial charge in [0.25, 0.3) is 0 Å². The molecule has 102 valence electrons. The summed E-state index contributed by atoms with van der Waals surface area (Å²) in [6.07, 6.45) is 6.46. The molecule has 2 nitrogen and oxygen atoms in total. The van der Waals surface area contributed by atoms with Crippen LogP contribution in [0.4, 0.5) is 0 Å². The summed E-state index contributed by atoms with van der Waals surface area (Å²) in [5, 5.41) is 0. The van der Waals surface area contributed by atoms with Crippen molar-refractivity contribution in [1.82, 2.24) is 4.90 Å². The summed E-state index contributed by atoms with van der Waals surface area (Å²) in [4.78, 5) is 2.59. The van der Waals surface area contributed by atoms with Gasteiger partial charge in [-0.3, -0.25) is 0 Å². The normalized spacial score (nSPS) is 25.6. The average molecular weight is 240 g/mol. The van der Waals surface area contributed by atoms with E-state index < -0.39 is 0 Å². The first kappa shape index (κ1) is 15.0. The Morgan fingerprint density at radius 3 is 2.53 bits per heavy atom. The van der Waals surface area contributed by atoms with E-state index in [0.29, 0.717) is 11.5 Å². The Hall–Kier alpha value is -0.0800. The fourth-order valence-electron chi connectivity index (χ4n) is 3.00. The maximum atomic E-state index is 6.14. The van der Waals surface area contributed by atoms with Gasteiger partial charge >= 0.3 is 0 Å². The second-order valence-electron chi connectivity index (χ2n) is 6.84. The number of rotatable bonds is 4. The monoisotopic (exact) mass is 240 g/mol. The van der Waals surface area contributed by atoms with Crippen molar-refractivity contribution in [1.29, 1.82) is 0 Å². The molecule has 2 N–H and O–H groups in total. The highest BCUT2D eigenvalue weighted by Crippen LogP contribution is 2.34. The van der Waals surface area contributed by atoms with Gasteiger partial charge in [0.05, 0.1) is 0 Å². The van der Waals surface area contributed by atoms with E-state index in [1.807, 2.05) is 0 Å². The van der Waals surface area contributed by atoms with Crippen LogP contribution in [-0.4, -0.2) is 30.6 Å². The summed E-state index contributed by atoms with van der Waals surface area (Å²) in [7, 11) is 0. The topological polar surface area (TPSA) is 29.3 Å². The molecule has 1 aliphatic rings. The van der Waals surface area contributed by atoms with Crippen molar-refractivity contribution in [3.05, 3.63) is 0 Å². The summed E-state index contributed by atoms with van der Waals surface area (Å²) in [6, 6.07) is 0.381. The van der Waals surface area contributed by atoms with Crippen LogP contribution in [0.5, 0.6) is 0 Å². The second-order valence-corrected chi connectivity index (χ2v) is 6.84. The highest BCUT2D eigenvalue weighted by molar-refractivity contribution is 4.80. The quantitative estimate of drug-likeness (QED) is 0.817. The minimum atomic E-state index is 0.381. The van der Waals surface area contributed by atoms with Crippen molar-refractivity contribution in [2.45, 2.75) is 65.8 Å². The lowest BCUT2D eigenvalue weighted by Gasteiger charge is -2.30. The second kappa shape index (κ2) is 6.75. The number of hydrogen-bond acceptors (Lipinski definition) is 2. The molecule has 0 aromatic rings. The van der Waals surface area contributed by atoms with Crippen LogP contribution < -0.4 is 5.73 Å². The molecule has 0 aromatic heterocycles. The molecule has 0 aliphatic carbocycles. The number of nitrogens with zero attached hydrogens (tertiary/aromatic N) is 1. The molecular formula is C15H32N2. The van der Waals surface area contributed by atoms with Crippen LogP contribution in [0.1, 0.15) is 59.8 Å². The lowest BCUT2D eigenvalue weighted by atomic mass is 9.77. The summed E-state index contributed by atoms with van der Waals surface area (Å²) < 4.78 is 0. The molecule has 0 bridgehead atoms. The van der Waals surface area contributed by atoms with E-state index in [9.17, 15) is 0 Å². The standard InChI is InChI=1S/C15H32N2/c1-5-7-14(16)12-17-10-6-8-13(9-11-17)15(2,3)4/h13-14H,5-12,16H2,1-4H3/t13?,14-/m0/s1. The molecule has 1 unspecified atom stereocenters. The van der Waals surface area contributed by atoms with Crippen molar-refractivity contribution < 1.29 is 0 Å². The fourth-order valence-corrected chi connectivity index (χ4v) is 3.00. The molecule has 1 saturated heterocycles. The maximum absolute atomic E-state index is 6.14. The van der Waals surface area contributed by atoms with E-state index in [-0.39, 0.29) is 0 Å². The SMILES string of the molecule is CCC[C@H](N)CN1CCCC(C(C)(C)C)CC1. The van der Waals surface area contributed by atoms with E-state index in [1.54, 1.807) is 0 Å². The zero-order valence-corrected chi connectivity index (χ0v) is 12.3. The van der Waals surface area contributed by atoms with Crippen LogP contribution in [-0.2, 0) is 0 Å². The van der Waals surface area contributed by atoms with Crippen molar-refractivity contribution in [2.24, 2.45) is 17.1 Å². The Balaban J connectivity index is 2.37. The molecule has 0 radical (unpaired) electrons. The minimum Gasteiger partial charge on any atom is -0.327 e. The smallest absolute Gasteiger partial charge is 0.0167 e. The lowest BCUT2D eigenvalue weighted by molar-refractivity contribution is 0.205. The van der Waals surface area contributed by atoms with Crippen molar-refractivity contribution in [3.63, 3.8) is 0 Å². The van der Waals surface area contributed by atoms with Crippen LogP contribution >= 0.6 is 0 Å². The first-order valence-corrected chi connectivity index (χ1v) is 7.41. The van der Waals surface area contributed by atoms with Gasteiger partial charge in [0.2, 0.25) is 0 Å². The molecule has 2 heteroatoms. The summed E-state index contributed by atoms with van der Waals surface area (Å²) >= 11 is 0. The van der Waals surface area contributed by atoms with E-state index in [4.69, 9.17) is 5.73 Å². The molecule has 0 spiro atoms. The largest absolute Gasteiger partial charge is 0.327 e. The highest BCUT2D eigenvalue weighted by atomic mass is 15.1. The minimum absolute atomic E-state index is 0.381. The van der Waals surface area contributed by atoms with Crippen LogP contribution in [0.2, 0.25) is 0 Å². The van der Waals surface area contributed by atoms with Crippen LogP contribution in [0, 0.1) is 11.3 Å². The fraction of sp³-hybridized carbons (Fsp3) is 1.00. The Labute approximate surface area is 108 Å². The van der Waals surface area contributed by atoms with E-state index in [0.717, 1.165) is 12.5 Å². The van der Waals surface area contributed by atoms with Crippen LogP contribution in [0.3, 0.4) is 0 Å². The molecule has 0 saturated carbocycles. The molecule has 0 amide bonds. The third kappa shape index (κ3) is 5.39. The molecular weight excluding hydrogens is 208 g/mol. The van der Waals surface area contributed by atoms with Gasteiger partial charge in [0.15, 0.2) is 0 Å². The first-order chi connectivity index (χ1) is 7.93. The number of nitrogens with two attached hydrogens (primary N) is 1. The molecule has 1 aliphatic heterocycles. The van der Waals surface area contributed by atoms with E-state index >= 15 is 0 Å². The average Bonchev–Trinajstić information content (AvgIpc) is 2.42. The molecule has 0 aromatic carbocycles. The number of likely N-dealkylation sites (tertiary alicyclic amines) is 1. The van der Waals surface area contributed by atoms with Gasteiger partial charge in [-0.05, 0) is 50.1 Å². The maximum Gasteiger partial charge on any atom is 0.0167 e. The molecule has 1 rings (SSSR count). The highest BCUT2D eigenvalue weighted by Gasteiger charge is 2.27. The molecule has 17 heavy (non-hydrogen) atoms. The van der Waals surface area contributed by atoms with Crippen LogP contribution in [0.25, 0.3) is 0 Å². The van der Waals surface area contributed by atoms with Crippen molar-refractivity contribution in [3.8, 4) is 0 Å². The predicted molar refractivity (Wildman–Crippen MR) is 76.1 cm³/mol. The van der Waals surface area contributed by atoms with Gasteiger partial charge in [0, 0.05) is 12.6 Å². The third-order valence-electron chi connectivity index (χ3n) is 4.20. The Kier molecular flexibility index (Phi) is 5.94. The van der Waals surface area contributed by atoms with Gasteiger partial charge in [-0.25, -0.2) is 0 Å². The summed E-state index contributed by atoms with van der Waals surface area (Å²) in [6.45, 7) is 13.0.